The van der Waals surface area contributed by atoms with E-state index in [-0.39, 0.29) is 11.1 Å². The Balaban J connectivity index is 2.16. The van der Waals surface area contributed by atoms with E-state index >= 15 is 0 Å². The molecule has 1 saturated heterocycles. The Morgan fingerprint density at radius 2 is 2.47 bits per heavy atom. The van der Waals surface area contributed by atoms with Crippen molar-refractivity contribution in [3.63, 3.8) is 0 Å². The topological polar surface area (TPSA) is 71.2 Å². The van der Waals surface area contributed by atoms with E-state index < -0.39 is 0 Å². The number of halogens is 1. The predicted molar refractivity (Wildman–Crippen MR) is 79.5 cm³/mol. The number of carbonyl (C=O) groups excluding carboxylic acids is 1. The zero-order valence-electron chi connectivity index (χ0n) is 10.7. The number of hydrazine groups is 1. The third-order valence-electron chi connectivity index (χ3n) is 3.07. The van der Waals surface area contributed by atoms with Crippen molar-refractivity contribution < 1.29 is 4.79 Å². The average molecular weight is 301 g/mol. The summed E-state index contributed by atoms with van der Waals surface area (Å²) in [5.41, 5.74) is 2.94. The third kappa shape index (κ3) is 3.52. The summed E-state index contributed by atoms with van der Waals surface area (Å²) in [5, 5.41) is 0.777. The number of pyridine rings is 1. The Kier molecular flexibility index (Phi) is 4.90. The van der Waals surface area contributed by atoms with E-state index in [1.165, 1.54) is 0 Å². The molecule has 1 unspecified atom stereocenters. The second-order valence-corrected chi connectivity index (χ2v) is 6.16. The molecule has 0 aliphatic carbocycles. The summed E-state index contributed by atoms with van der Waals surface area (Å²) in [6.07, 6.45) is 1.07. The molecular formula is C12H17ClN4OS. The smallest absolute Gasteiger partial charge is 0.254 e. The standard InChI is InChI=1S/C12H17ClN4OS/c1-2-9-7-17(3-4-19-9)12(18)8-5-10(13)15-11(6-8)16-14/h5-6,9H,2-4,7,14H2,1H3,(H,15,16). The lowest BCUT2D eigenvalue weighted by Gasteiger charge is -2.32. The third-order valence-corrected chi connectivity index (χ3v) is 4.64. The highest BCUT2D eigenvalue weighted by Gasteiger charge is 2.24. The Morgan fingerprint density at radius 1 is 1.68 bits per heavy atom. The Bertz CT molecular complexity index is 471. The summed E-state index contributed by atoms with van der Waals surface area (Å²) in [6, 6.07) is 3.20. The Morgan fingerprint density at radius 3 is 3.16 bits per heavy atom. The molecule has 1 aliphatic heterocycles. The molecule has 1 aliphatic rings. The number of nitrogens with two attached hydrogens (primary N) is 1. The molecule has 0 spiro atoms. The van der Waals surface area contributed by atoms with Crippen molar-refractivity contribution in [2.24, 2.45) is 5.84 Å². The number of anilines is 1. The number of hydrogen-bond donors (Lipinski definition) is 2. The normalized spacial score (nSPS) is 19.3. The molecule has 1 fully saturated rings. The first-order chi connectivity index (χ1) is 9.13. The van der Waals surface area contributed by atoms with Crippen molar-refractivity contribution in [2.75, 3.05) is 24.3 Å². The van der Waals surface area contributed by atoms with Crippen molar-refractivity contribution in [1.82, 2.24) is 9.88 Å². The number of amides is 1. The summed E-state index contributed by atoms with van der Waals surface area (Å²) >= 11 is 7.81. The van der Waals surface area contributed by atoms with E-state index in [0.29, 0.717) is 16.6 Å². The molecule has 5 nitrogen and oxygen atoms in total. The maximum absolute atomic E-state index is 12.4. The zero-order chi connectivity index (χ0) is 13.8. The molecule has 1 aromatic heterocycles. The molecule has 0 aromatic carbocycles. The summed E-state index contributed by atoms with van der Waals surface area (Å²) < 4.78 is 0. The highest BCUT2D eigenvalue weighted by molar-refractivity contribution is 8.00. The predicted octanol–water partition coefficient (Wildman–Crippen LogP) is 1.99. The molecule has 2 heterocycles. The van der Waals surface area contributed by atoms with Gasteiger partial charge in [-0.1, -0.05) is 18.5 Å². The van der Waals surface area contributed by atoms with Crippen molar-refractivity contribution in [2.45, 2.75) is 18.6 Å². The van der Waals surface area contributed by atoms with Crippen molar-refractivity contribution >= 4 is 35.1 Å². The van der Waals surface area contributed by atoms with Gasteiger partial charge in [-0.2, -0.15) is 11.8 Å². The van der Waals surface area contributed by atoms with E-state index in [2.05, 4.69) is 17.3 Å². The summed E-state index contributed by atoms with van der Waals surface area (Å²) in [7, 11) is 0. The monoisotopic (exact) mass is 300 g/mol. The van der Waals surface area contributed by atoms with Crippen LogP contribution in [0.2, 0.25) is 5.15 Å². The Labute approximate surface area is 121 Å². The lowest BCUT2D eigenvalue weighted by molar-refractivity contribution is 0.0761. The lowest BCUT2D eigenvalue weighted by atomic mass is 10.2. The fraction of sp³-hybridized carbons (Fsp3) is 0.500. The summed E-state index contributed by atoms with van der Waals surface area (Å²) in [5.74, 6) is 6.67. The van der Waals surface area contributed by atoms with Crippen molar-refractivity contribution in [3.8, 4) is 0 Å². The number of hydrogen-bond acceptors (Lipinski definition) is 5. The number of rotatable bonds is 3. The van der Waals surface area contributed by atoms with E-state index in [4.69, 9.17) is 17.4 Å². The van der Waals surface area contributed by atoms with E-state index in [9.17, 15) is 4.79 Å². The fourth-order valence-corrected chi connectivity index (χ4v) is 3.42. The second-order valence-electron chi connectivity index (χ2n) is 4.36. The number of aromatic nitrogens is 1. The molecule has 1 amide bonds. The van der Waals surface area contributed by atoms with Gasteiger partial charge < -0.3 is 10.3 Å². The highest BCUT2D eigenvalue weighted by atomic mass is 35.5. The van der Waals surface area contributed by atoms with Crippen LogP contribution in [-0.4, -0.2) is 39.9 Å². The minimum atomic E-state index is -0.0143. The molecule has 2 rings (SSSR count). The molecule has 0 radical (unpaired) electrons. The number of thioether (sulfide) groups is 1. The van der Waals surface area contributed by atoms with Crippen LogP contribution in [0.15, 0.2) is 12.1 Å². The van der Waals surface area contributed by atoms with E-state index in [0.717, 1.165) is 25.3 Å². The minimum Gasteiger partial charge on any atom is -0.337 e. The molecule has 1 atom stereocenters. The number of nitrogens with one attached hydrogen (secondary N) is 1. The molecule has 7 heteroatoms. The number of nitrogens with zero attached hydrogens (tertiary/aromatic N) is 2. The Hall–Kier alpha value is -0.980. The van der Waals surface area contributed by atoms with Gasteiger partial charge in [0.15, 0.2) is 0 Å². The van der Waals surface area contributed by atoms with Crippen LogP contribution in [0.5, 0.6) is 0 Å². The van der Waals surface area contributed by atoms with Crippen LogP contribution in [-0.2, 0) is 0 Å². The van der Waals surface area contributed by atoms with E-state index in [1.54, 1.807) is 12.1 Å². The highest BCUT2D eigenvalue weighted by Crippen LogP contribution is 2.23. The number of carbonyl (C=O) groups is 1. The quantitative estimate of drug-likeness (QED) is 0.507. The first-order valence-electron chi connectivity index (χ1n) is 6.19. The van der Waals surface area contributed by atoms with Crippen LogP contribution in [0.4, 0.5) is 5.82 Å². The van der Waals surface area contributed by atoms with Crippen molar-refractivity contribution in [3.05, 3.63) is 22.8 Å². The molecule has 3 N–H and O–H groups in total. The van der Waals surface area contributed by atoms with Gasteiger partial charge in [0.1, 0.15) is 11.0 Å². The first kappa shape index (κ1) is 14.4. The summed E-state index contributed by atoms with van der Waals surface area (Å²) in [6.45, 7) is 3.70. The number of nitrogen functional groups attached to an aromatic ring is 1. The van der Waals surface area contributed by atoms with Crippen LogP contribution in [0.25, 0.3) is 0 Å². The molecular weight excluding hydrogens is 284 g/mol. The molecule has 104 valence electrons. The molecule has 19 heavy (non-hydrogen) atoms. The first-order valence-corrected chi connectivity index (χ1v) is 7.61. The van der Waals surface area contributed by atoms with Gasteiger partial charge in [0.05, 0.1) is 0 Å². The lowest BCUT2D eigenvalue weighted by Crippen LogP contribution is -2.41. The second kappa shape index (κ2) is 6.45. The molecule has 0 bridgehead atoms. The van der Waals surface area contributed by atoms with Gasteiger partial charge in [-0.25, -0.2) is 10.8 Å². The van der Waals surface area contributed by atoms with Crippen LogP contribution in [0, 0.1) is 0 Å². The molecule has 0 saturated carbocycles. The van der Waals surface area contributed by atoms with Crippen molar-refractivity contribution in [1.29, 1.82) is 0 Å². The van der Waals surface area contributed by atoms with Gasteiger partial charge in [0.2, 0.25) is 0 Å². The summed E-state index contributed by atoms with van der Waals surface area (Å²) in [4.78, 5) is 18.3. The van der Waals surface area contributed by atoms with Gasteiger partial charge in [-0.3, -0.25) is 4.79 Å². The van der Waals surface area contributed by atoms with E-state index in [1.807, 2.05) is 16.7 Å². The average Bonchev–Trinajstić information content (AvgIpc) is 2.45. The van der Waals surface area contributed by atoms with Gasteiger partial charge >= 0.3 is 0 Å². The van der Waals surface area contributed by atoms with Gasteiger partial charge in [0, 0.05) is 29.7 Å². The van der Waals surface area contributed by atoms with Gasteiger partial charge in [-0.05, 0) is 18.6 Å². The largest absolute Gasteiger partial charge is 0.337 e. The molecule has 1 aromatic rings. The van der Waals surface area contributed by atoms with Crippen LogP contribution < -0.4 is 11.3 Å². The van der Waals surface area contributed by atoms with Crippen LogP contribution in [0.1, 0.15) is 23.7 Å². The van der Waals surface area contributed by atoms with Crippen LogP contribution >= 0.6 is 23.4 Å². The SMILES string of the molecule is CCC1CN(C(=O)c2cc(Cl)nc(NN)c2)CCS1. The zero-order valence-corrected chi connectivity index (χ0v) is 12.3. The van der Waals surface area contributed by atoms with Crippen LogP contribution in [0.3, 0.4) is 0 Å². The maximum atomic E-state index is 12.4. The maximum Gasteiger partial charge on any atom is 0.254 e. The fourth-order valence-electron chi connectivity index (χ4n) is 2.03. The van der Waals surface area contributed by atoms with Gasteiger partial charge in [-0.15, -0.1) is 0 Å². The van der Waals surface area contributed by atoms with Gasteiger partial charge in [0.25, 0.3) is 5.91 Å². The minimum absolute atomic E-state index is 0.0143.